The van der Waals surface area contributed by atoms with Gasteiger partial charge in [0.15, 0.2) is 11.3 Å². The molecule has 10 heteroatoms. The van der Waals surface area contributed by atoms with Gasteiger partial charge in [-0.2, -0.15) is 0 Å². The fourth-order valence-electron chi connectivity index (χ4n) is 6.25. The fourth-order valence-corrected chi connectivity index (χ4v) is 6.25. The minimum absolute atomic E-state index is 0.0772. The summed E-state index contributed by atoms with van der Waals surface area (Å²) in [5.74, 6) is -0.198. The van der Waals surface area contributed by atoms with Gasteiger partial charge in [-0.1, -0.05) is 6.07 Å². The Morgan fingerprint density at radius 1 is 1.02 bits per heavy atom. The largest absolute Gasteiger partial charge is 0.497 e. The van der Waals surface area contributed by atoms with E-state index in [0.717, 1.165) is 27.6 Å². The number of imide groups is 1. The first-order valence-corrected chi connectivity index (χ1v) is 13.5. The third kappa shape index (κ3) is 4.30. The van der Waals surface area contributed by atoms with E-state index < -0.39 is 17.5 Å². The molecular weight excluding hydrogens is 526 g/mol. The molecule has 3 aromatic rings. The molecule has 1 atom stereocenters. The van der Waals surface area contributed by atoms with E-state index >= 15 is 0 Å². The van der Waals surface area contributed by atoms with E-state index in [-0.39, 0.29) is 36.2 Å². The third-order valence-corrected chi connectivity index (χ3v) is 8.25. The van der Waals surface area contributed by atoms with E-state index in [4.69, 9.17) is 9.15 Å². The van der Waals surface area contributed by atoms with Crippen molar-refractivity contribution in [1.29, 1.82) is 0 Å². The van der Waals surface area contributed by atoms with E-state index in [1.165, 1.54) is 13.8 Å². The number of rotatable bonds is 7. The van der Waals surface area contributed by atoms with E-state index in [0.29, 0.717) is 48.3 Å². The van der Waals surface area contributed by atoms with Crippen LogP contribution < -0.4 is 15.4 Å². The second kappa shape index (κ2) is 9.72. The average molecular weight is 556 g/mol. The zero-order chi connectivity index (χ0) is 29.1. The van der Waals surface area contributed by atoms with Crippen LogP contribution in [0.15, 0.2) is 46.4 Å². The number of carbonyl (C=O) groups excluding carboxylic acids is 5. The fraction of sp³-hybridized carbons (Fsp3) is 0.323. The molecule has 0 saturated carbocycles. The Labute approximate surface area is 235 Å². The summed E-state index contributed by atoms with van der Waals surface area (Å²) in [6.07, 6.45) is 1.87. The van der Waals surface area contributed by atoms with Crippen LogP contribution in [0.5, 0.6) is 5.75 Å². The van der Waals surface area contributed by atoms with E-state index in [2.05, 4.69) is 10.6 Å². The molecule has 0 bridgehead atoms. The van der Waals surface area contributed by atoms with Gasteiger partial charge in [-0.3, -0.25) is 24.5 Å². The Kier molecular flexibility index (Phi) is 6.28. The molecule has 1 aromatic heterocycles. The number of hydrogen-bond acceptors (Lipinski definition) is 7. The summed E-state index contributed by atoms with van der Waals surface area (Å²) in [6, 6.07) is 9.98. The minimum atomic E-state index is -1.63. The number of carbonyl (C=O) groups is 5. The van der Waals surface area contributed by atoms with E-state index in [1.807, 2.05) is 12.1 Å². The molecule has 0 spiro atoms. The van der Waals surface area contributed by atoms with Crippen LogP contribution in [0.25, 0.3) is 16.5 Å². The summed E-state index contributed by atoms with van der Waals surface area (Å²) < 4.78 is 11.5. The lowest BCUT2D eigenvalue weighted by atomic mass is 9.91. The van der Waals surface area contributed by atoms with Gasteiger partial charge in [0, 0.05) is 29.5 Å². The maximum absolute atomic E-state index is 13.5. The maximum Gasteiger partial charge on any atom is 0.322 e. The van der Waals surface area contributed by atoms with Gasteiger partial charge in [-0.25, -0.2) is 4.79 Å². The predicted molar refractivity (Wildman–Crippen MR) is 148 cm³/mol. The van der Waals surface area contributed by atoms with Crippen LogP contribution in [-0.2, 0) is 32.8 Å². The first-order chi connectivity index (χ1) is 19.6. The number of aryl methyl sites for hydroxylation is 1. The average Bonchev–Trinajstić information content (AvgIpc) is 3.63. The Morgan fingerprint density at radius 2 is 1.80 bits per heavy atom. The number of fused-ring (bicyclic) bond motifs is 4. The second-order valence-electron chi connectivity index (χ2n) is 10.8. The van der Waals surface area contributed by atoms with Crippen LogP contribution in [0.3, 0.4) is 0 Å². The van der Waals surface area contributed by atoms with Crippen molar-refractivity contribution in [2.45, 2.75) is 45.1 Å². The second-order valence-corrected chi connectivity index (χ2v) is 10.8. The Hall–Kier alpha value is -4.73. The number of amides is 4. The molecule has 3 aliphatic rings. The highest BCUT2D eigenvalue weighted by Gasteiger charge is 2.52. The number of nitrogens with zero attached hydrogens (tertiary/aromatic N) is 1. The first kappa shape index (κ1) is 26.5. The van der Waals surface area contributed by atoms with Crippen molar-refractivity contribution in [3.05, 3.63) is 70.0 Å². The summed E-state index contributed by atoms with van der Waals surface area (Å²) in [4.78, 5) is 65.1. The number of methoxy groups -OCH3 is 1. The molecule has 2 aliphatic heterocycles. The Balaban J connectivity index is 1.40. The summed E-state index contributed by atoms with van der Waals surface area (Å²) >= 11 is 0. The highest BCUT2D eigenvalue weighted by Crippen LogP contribution is 2.42. The zero-order valence-electron chi connectivity index (χ0n) is 23.0. The molecule has 210 valence electrons. The Bertz CT molecular complexity index is 1720. The number of Topliss-reactive ketones (excluding diaryl/α,β-unsaturated/α-hetero) is 2. The number of hydrogen-bond donors (Lipinski definition) is 2. The molecule has 4 amide bonds. The Morgan fingerprint density at radius 3 is 2.49 bits per heavy atom. The van der Waals surface area contributed by atoms with Crippen molar-refractivity contribution in [1.82, 2.24) is 15.5 Å². The molecule has 1 saturated heterocycles. The van der Waals surface area contributed by atoms with Gasteiger partial charge in [-0.05, 0) is 85.7 Å². The summed E-state index contributed by atoms with van der Waals surface area (Å²) in [5, 5.41) is 5.81. The lowest BCUT2D eigenvalue weighted by Gasteiger charge is -2.34. The van der Waals surface area contributed by atoms with Gasteiger partial charge in [0.2, 0.25) is 0 Å². The molecule has 41 heavy (non-hydrogen) atoms. The minimum Gasteiger partial charge on any atom is -0.497 e. The van der Waals surface area contributed by atoms with Crippen molar-refractivity contribution in [2.24, 2.45) is 0 Å². The molecule has 2 N–H and O–H groups in total. The van der Waals surface area contributed by atoms with Gasteiger partial charge in [0.25, 0.3) is 11.8 Å². The van der Waals surface area contributed by atoms with Gasteiger partial charge in [-0.15, -0.1) is 0 Å². The molecule has 0 radical (unpaired) electrons. The monoisotopic (exact) mass is 555 g/mol. The number of benzene rings is 2. The number of ether oxygens (including phenoxy) is 1. The topological polar surface area (TPSA) is 135 Å². The quantitative estimate of drug-likeness (QED) is 0.337. The number of allylic oxidation sites excluding steroid dienone is 2. The van der Waals surface area contributed by atoms with E-state index in [1.54, 1.807) is 36.3 Å². The van der Waals surface area contributed by atoms with Crippen LogP contribution in [0.4, 0.5) is 4.79 Å². The SMILES string of the molecule is COc1ccc2c(c1)CCN(CC1(c3cc4c5c(ccc4o3)C(=C(CC(C)=O)C(C)=O)CC5)NC(=O)NC1=O)C2=O. The molecule has 6 rings (SSSR count). The molecule has 10 nitrogen and oxygen atoms in total. The maximum atomic E-state index is 13.5. The van der Waals surface area contributed by atoms with Crippen molar-refractivity contribution >= 4 is 46.0 Å². The van der Waals surface area contributed by atoms with E-state index in [9.17, 15) is 24.0 Å². The molecule has 1 unspecified atom stereocenters. The van der Waals surface area contributed by atoms with Gasteiger partial charge < -0.3 is 19.4 Å². The third-order valence-electron chi connectivity index (χ3n) is 8.25. The van der Waals surface area contributed by atoms with Crippen molar-refractivity contribution in [3.8, 4) is 5.75 Å². The van der Waals surface area contributed by atoms with Crippen molar-refractivity contribution < 1.29 is 33.1 Å². The molecule has 1 aliphatic carbocycles. The summed E-state index contributed by atoms with van der Waals surface area (Å²) in [6.45, 7) is 3.17. The lowest BCUT2D eigenvalue weighted by Crippen LogP contribution is -2.55. The van der Waals surface area contributed by atoms with Gasteiger partial charge in [0.05, 0.1) is 13.7 Å². The lowest BCUT2D eigenvalue weighted by molar-refractivity contribution is -0.125. The van der Waals surface area contributed by atoms with Gasteiger partial charge >= 0.3 is 6.03 Å². The highest BCUT2D eigenvalue weighted by molar-refractivity contribution is 6.09. The number of nitrogens with one attached hydrogen (secondary N) is 2. The van der Waals surface area contributed by atoms with Crippen molar-refractivity contribution in [2.75, 3.05) is 20.2 Å². The van der Waals surface area contributed by atoms with Gasteiger partial charge in [0.1, 0.15) is 22.9 Å². The van der Waals surface area contributed by atoms with Crippen LogP contribution in [0.2, 0.25) is 0 Å². The van der Waals surface area contributed by atoms with Crippen LogP contribution in [0.1, 0.15) is 59.5 Å². The normalized spacial score (nSPS) is 21.0. The van der Waals surface area contributed by atoms with Crippen molar-refractivity contribution in [3.63, 3.8) is 0 Å². The number of furan rings is 1. The van der Waals surface area contributed by atoms with Crippen LogP contribution >= 0.6 is 0 Å². The number of urea groups is 1. The summed E-state index contributed by atoms with van der Waals surface area (Å²) in [5.41, 5.74) is 3.46. The zero-order valence-corrected chi connectivity index (χ0v) is 23.0. The number of ketones is 2. The smallest absolute Gasteiger partial charge is 0.322 e. The molecule has 3 heterocycles. The molecule has 2 aromatic carbocycles. The standard InChI is InChI=1S/C31H29N3O7/c1-16(35)12-24(17(2)36)22-6-7-23-21(22)8-9-26-25(23)14-27(41-26)31(29(38)32-30(39)33-31)15-34-11-10-18-13-19(40-3)4-5-20(18)28(34)37/h4-5,8-9,13-14H,6-7,10-12,15H2,1-3H3,(H2,32,33,38,39). The molecule has 1 fully saturated rings. The predicted octanol–water partition coefficient (Wildman–Crippen LogP) is 3.44. The van der Waals surface area contributed by atoms with Crippen LogP contribution in [-0.4, -0.2) is 54.5 Å². The summed E-state index contributed by atoms with van der Waals surface area (Å²) in [7, 11) is 1.57. The highest BCUT2D eigenvalue weighted by atomic mass is 16.5. The van der Waals surface area contributed by atoms with Crippen LogP contribution in [0, 0.1) is 0 Å². The molecular formula is C31H29N3O7. The first-order valence-electron chi connectivity index (χ1n) is 13.5.